The summed E-state index contributed by atoms with van der Waals surface area (Å²) in [5, 5.41) is 2.18. The van der Waals surface area contributed by atoms with Gasteiger partial charge in [-0.25, -0.2) is 9.97 Å². The Kier molecular flexibility index (Phi) is 3.14. The Morgan fingerprint density at radius 1 is 1.47 bits per heavy atom. The van der Waals surface area contributed by atoms with Gasteiger partial charge in [0.05, 0.1) is 6.04 Å². The fourth-order valence-electron chi connectivity index (χ4n) is 2.63. The van der Waals surface area contributed by atoms with Crippen molar-refractivity contribution in [3.8, 4) is 0 Å². The number of nitrogen functional groups attached to an aromatic ring is 1. The summed E-state index contributed by atoms with van der Waals surface area (Å²) in [6.07, 6.45) is 1.90. The average molecular weight is 274 g/mol. The first kappa shape index (κ1) is 12.4. The molecule has 0 radical (unpaired) electrons. The molecule has 100 valence electrons. The molecule has 0 aliphatic carbocycles. The van der Waals surface area contributed by atoms with E-state index in [1.54, 1.807) is 0 Å². The molecule has 0 aromatic carbocycles. The summed E-state index contributed by atoms with van der Waals surface area (Å²) < 4.78 is 0. The molecule has 0 saturated carbocycles. The van der Waals surface area contributed by atoms with Gasteiger partial charge in [-0.1, -0.05) is 6.92 Å². The van der Waals surface area contributed by atoms with Crippen molar-refractivity contribution in [2.24, 2.45) is 0 Å². The number of anilines is 2. The van der Waals surface area contributed by atoms with Crippen LogP contribution in [0.4, 0.5) is 11.6 Å². The molecule has 4 nitrogen and oxygen atoms in total. The first-order valence-electron chi connectivity index (χ1n) is 6.65. The van der Waals surface area contributed by atoms with Crippen LogP contribution in [0.1, 0.15) is 36.2 Å². The van der Waals surface area contributed by atoms with Crippen LogP contribution in [0, 0.1) is 0 Å². The van der Waals surface area contributed by atoms with E-state index in [1.165, 1.54) is 10.4 Å². The van der Waals surface area contributed by atoms with Crippen LogP contribution in [0.5, 0.6) is 0 Å². The molecule has 2 N–H and O–H groups in total. The normalized spacial score (nSPS) is 18.4. The zero-order chi connectivity index (χ0) is 13.4. The minimum Gasteiger partial charge on any atom is -0.384 e. The summed E-state index contributed by atoms with van der Waals surface area (Å²) >= 11 is 1.85. The Morgan fingerprint density at radius 3 is 3.11 bits per heavy atom. The highest BCUT2D eigenvalue weighted by Gasteiger charge is 2.26. The molecule has 19 heavy (non-hydrogen) atoms. The number of hydrogen-bond donors (Lipinski definition) is 1. The minimum atomic E-state index is 0.356. The summed E-state index contributed by atoms with van der Waals surface area (Å²) in [5.41, 5.74) is 7.31. The van der Waals surface area contributed by atoms with Gasteiger partial charge in [0.25, 0.3) is 0 Å². The molecule has 3 heterocycles. The Bertz CT molecular complexity index is 593. The predicted molar refractivity (Wildman–Crippen MR) is 79.6 cm³/mol. The zero-order valence-electron chi connectivity index (χ0n) is 11.3. The van der Waals surface area contributed by atoms with Crippen molar-refractivity contribution < 1.29 is 0 Å². The van der Waals surface area contributed by atoms with Crippen molar-refractivity contribution in [3.63, 3.8) is 0 Å². The van der Waals surface area contributed by atoms with Crippen LogP contribution in [0.25, 0.3) is 0 Å². The third-order valence-corrected chi connectivity index (χ3v) is 4.66. The average Bonchev–Trinajstić information content (AvgIpc) is 2.87. The van der Waals surface area contributed by atoms with E-state index >= 15 is 0 Å². The number of thiophene rings is 1. The van der Waals surface area contributed by atoms with Crippen LogP contribution in [0.15, 0.2) is 17.5 Å². The molecule has 0 amide bonds. The van der Waals surface area contributed by atoms with Crippen LogP contribution in [0.2, 0.25) is 0 Å². The highest BCUT2D eigenvalue weighted by molar-refractivity contribution is 7.10. The minimum absolute atomic E-state index is 0.356. The van der Waals surface area contributed by atoms with Gasteiger partial charge in [0, 0.05) is 23.9 Å². The van der Waals surface area contributed by atoms with Crippen LogP contribution >= 0.6 is 11.3 Å². The SMILES string of the molecule is CCc1nc(N)cc(N2CCc3sccc3C2C)n1. The molecule has 0 fully saturated rings. The molecule has 0 spiro atoms. The maximum atomic E-state index is 5.89. The highest BCUT2D eigenvalue weighted by Crippen LogP contribution is 2.35. The van der Waals surface area contributed by atoms with Crippen molar-refractivity contribution in [2.45, 2.75) is 32.7 Å². The molecule has 1 unspecified atom stereocenters. The molecule has 1 atom stereocenters. The molecule has 1 aliphatic heterocycles. The van der Waals surface area contributed by atoms with Gasteiger partial charge in [-0.15, -0.1) is 11.3 Å². The second-order valence-electron chi connectivity index (χ2n) is 4.84. The maximum Gasteiger partial charge on any atom is 0.134 e. The van der Waals surface area contributed by atoms with Crippen molar-refractivity contribution >= 4 is 23.0 Å². The lowest BCUT2D eigenvalue weighted by molar-refractivity contribution is 0.622. The van der Waals surface area contributed by atoms with E-state index in [2.05, 4.69) is 40.2 Å². The number of nitrogens with zero attached hydrogens (tertiary/aromatic N) is 3. The lowest BCUT2D eigenvalue weighted by atomic mass is 10.0. The molecule has 0 saturated heterocycles. The van der Waals surface area contributed by atoms with Crippen LogP contribution in [-0.2, 0) is 12.8 Å². The zero-order valence-corrected chi connectivity index (χ0v) is 12.1. The maximum absolute atomic E-state index is 5.89. The van der Waals surface area contributed by atoms with E-state index in [4.69, 9.17) is 5.73 Å². The molecular formula is C14H18N4S. The summed E-state index contributed by atoms with van der Waals surface area (Å²) in [7, 11) is 0. The van der Waals surface area contributed by atoms with Crippen molar-refractivity contribution in [1.82, 2.24) is 9.97 Å². The summed E-state index contributed by atoms with van der Waals surface area (Å²) in [4.78, 5) is 12.7. The van der Waals surface area contributed by atoms with Gasteiger partial charge >= 0.3 is 0 Å². The van der Waals surface area contributed by atoms with Gasteiger partial charge in [-0.3, -0.25) is 0 Å². The van der Waals surface area contributed by atoms with Crippen molar-refractivity contribution in [3.05, 3.63) is 33.8 Å². The third-order valence-electron chi connectivity index (χ3n) is 3.67. The first-order chi connectivity index (χ1) is 9.19. The summed E-state index contributed by atoms with van der Waals surface area (Å²) in [6, 6.07) is 4.46. The van der Waals surface area contributed by atoms with Crippen LogP contribution in [0.3, 0.4) is 0 Å². The number of aromatic nitrogens is 2. The van der Waals surface area contributed by atoms with Gasteiger partial charge in [-0.05, 0) is 30.4 Å². The highest BCUT2D eigenvalue weighted by atomic mass is 32.1. The van der Waals surface area contributed by atoms with Gasteiger partial charge < -0.3 is 10.6 Å². The van der Waals surface area contributed by atoms with E-state index in [9.17, 15) is 0 Å². The monoisotopic (exact) mass is 274 g/mol. The molecule has 0 bridgehead atoms. The molecule has 5 heteroatoms. The number of hydrogen-bond acceptors (Lipinski definition) is 5. The summed E-state index contributed by atoms with van der Waals surface area (Å²) in [6.45, 7) is 5.28. The third kappa shape index (κ3) is 2.18. The standard InChI is InChI=1S/C14H18N4S/c1-3-13-16-12(15)8-14(17-13)18-6-4-11-10(9(18)2)5-7-19-11/h5,7-9H,3-4,6H2,1-2H3,(H2,15,16,17). The van der Waals surface area contributed by atoms with Crippen LogP contribution in [-0.4, -0.2) is 16.5 Å². The van der Waals surface area contributed by atoms with Gasteiger partial charge in [0.15, 0.2) is 0 Å². The van der Waals surface area contributed by atoms with E-state index in [0.717, 1.165) is 31.0 Å². The van der Waals surface area contributed by atoms with Crippen LogP contribution < -0.4 is 10.6 Å². The first-order valence-corrected chi connectivity index (χ1v) is 7.53. The summed E-state index contributed by atoms with van der Waals surface area (Å²) in [5.74, 6) is 2.33. The van der Waals surface area contributed by atoms with Crippen molar-refractivity contribution in [2.75, 3.05) is 17.2 Å². The van der Waals surface area contributed by atoms with E-state index in [0.29, 0.717) is 11.9 Å². The van der Waals surface area contributed by atoms with Crippen molar-refractivity contribution in [1.29, 1.82) is 0 Å². The van der Waals surface area contributed by atoms with E-state index in [-0.39, 0.29) is 0 Å². The number of rotatable bonds is 2. The quantitative estimate of drug-likeness (QED) is 0.915. The van der Waals surface area contributed by atoms with Gasteiger partial charge in [-0.2, -0.15) is 0 Å². The second-order valence-corrected chi connectivity index (χ2v) is 5.84. The molecule has 1 aliphatic rings. The largest absolute Gasteiger partial charge is 0.384 e. The van der Waals surface area contributed by atoms with E-state index < -0.39 is 0 Å². The Labute approximate surface area is 117 Å². The molecule has 2 aromatic rings. The Balaban J connectivity index is 1.97. The Morgan fingerprint density at radius 2 is 2.32 bits per heavy atom. The fourth-order valence-corrected chi connectivity index (χ4v) is 3.59. The van der Waals surface area contributed by atoms with Gasteiger partial charge in [0.2, 0.25) is 0 Å². The number of aryl methyl sites for hydroxylation is 1. The Hall–Kier alpha value is -1.62. The van der Waals surface area contributed by atoms with E-state index in [1.807, 2.05) is 17.4 Å². The molecule has 3 rings (SSSR count). The lowest BCUT2D eigenvalue weighted by Gasteiger charge is -2.34. The molecule has 2 aromatic heterocycles. The molecular weight excluding hydrogens is 256 g/mol. The topological polar surface area (TPSA) is 55.0 Å². The second kappa shape index (κ2) is 4.81. The lowest BCUT2D eigenvalue weighted by Crippen LogP contribution is -2.34. The number of nitrogens with two attached hydrogens (primary N) is 1. The number of fused-ring (bicyclic) bond motifs is 1. The smallest absolute Gasteiger partial charge is 0.134 e. The van der Waals surface area contributed by atoms with Gasteiger partial charge in [0.1, 0.15) is 17.5 Å². The predicted octanol–water partition coefficient (Wildman–Crippen LogP) is 2.81. The fraction of sp³-hybridized carbons (Fsp3) is 0.429.